The number of hydrogen-bond acceptors (Lipinski definition) is 12. The Kier molecular flexibility index (Phi) is 19.5. The molecule has 1 atom stereocenters. The van der Waals surface area contributed by atoms with E-state index in [-0.39, 0.29) is 36.3 Å². The summed E-state index contributed by atoms with van der Waals surface area (Å²) in [5, 5.41) is 15.6. The number of carbonyl (C=O) groups excluding carboxylic acids is 4. The first-order valence-electron chi connectivity index (χ1n) is 22.7. The minimum Gasteiger partial charge on any atom is -0.508 e. The molecule has 2 heterocycles. The Morgan fingerprint density at radius 3 is 1.95 bits per heavy atom. The third-order valence-electron chi connectivity index (χ3n) is 11.3. The zero-order chi connectivity index (χ0) is 46.5. The number of hydrogen-bond donors (Lipinski definition) is 3. The quantitative estimate of drug-likeness (QED) is 0.0348. The average Bonchev–Trinajstić information content (AvgIpc) is 3.67. The molecule has 3 N–H and O–H groups in total. The van der Waals surface area contributed by atoms with Crippen molar-refractivity contribution in [2.45, 2.75) is 45.2 Å². The predicted molar refractivity (Wildman–Crippen MR) is 250 cm³/mol. The molecule has 4 aromatic rings. The first-order chi connectivity index (χ1) is 32.2. The van der Waals surface area contributed by atoms with E-state index in [1.165, 1.54) is 10.5 Å². The molecule has 15 nitrogen and oxygen atoms in total. The van der Waals surface area contributed by atoms with E-state index in [1.807, 2.05) is 66.7 Å². The summed E-state index contributed by atoms with van der Waals surface area (Å²) in [6.07, 6.45) is 1.63. The van der Waals surface area contributed by atoms with Crippen molar-refractivity contribution >= 4 is 40.5 Å². The summed E-state index contributed by atoms with van der Waals surface area (Å²) in [4.78, 5) is 52.8. The molecule has 4 aromatic carbocycles. The van der Waals surface area contributed by atoms with Gasteiger partial charge in [0.1, 0.15) is 24.1 Å². The van der Waals surface area contributed by atoms with Crippen LogP contribution in [0.4, 0.5) is 5.69 Å². The number of piperidine rings is 1. The molecule has 6 rings (SSSR count). The van der Waals surface area contributed by atoms with Crippen LogP contribution in [0, 0.1) is 0 Å². The van der Waals surface area contributed by atoms with E-state index in [4.69, 9.17) is 28.4 Å². The predicted octanol–water partition coefficient (Wildman–Crippen LogP) is 5.94. The third kappa shape index (κ3) is 14.4. The first kappa shape index (κ1) is 49.3. The second-order valence-electron chi connectivity index (χ2n) is 15.8. The molecule has 15 heteroatoms. The van der Waals surface area contributed by atoms with Crippen LogP contribution in [0.5, 0.6) is 11.5 Å². The SMILES string of the molecule is CCC(=C(c1ccc(O)cc1)c1ccc(OCCN(C)C(=O)CCOCCOCCOCCOCCOCCNc2cccc3c2CN(C2CCC(=O)NC2=O)C3=O)cc1)c1ccccc1. The number of aromatic hydroxyl groups is 1. The number of allylic oxidation sites excluding steroid dienone is 1. The topological polar surface area (TPSA) is 174 Å². The summed E-state index contributed by atoms with van der Waals surface area (Å²) in [6.45, 7) is 7.83. The second-order valence-corrected chi connectivity index (χ2v) is 15.8. The highest BCUT2D eigenvalue weighted by atomic mass is 16.6. The molecule has 352 valence electrons. The van der Waals surface area contributed by atoms with Crippen molar-refractivity contribution in [1.29, 1.82) is 0 Å². The maximum absolute atomic E-state index is 13.0. The van der Waals surface area contributed by atoms with E-state index >= 15 is 0 Å². The van der Waals surface area contributed by atoms with Gasteiger partial charge in [0.05, 0.1) is 79.0 Å². The number of phenols is 1. The number of phenolic OH excluding ortho intramolecular Hbond substituents is 1. The number of nitrogens with zero attached hydrogens (tertiary/aromatic N) is 2. The van der Waals surface area contributed by atoms with Gasteiger partial charge in [-0.2, -0.15) is 0 Å². The van der Waals surface area contributed by atoms with Gasteiger partial charge in [-0.15, -0.1) is 0 Å². The van der Waals surface area contributed by atoms with Crippen molar-refractivity contribution < 1.29 is 52.7 Å². The fourth-order valence-corrected chi connectivity index (χ4v) is 7.79. The zero-order valence-corrected chi connectivity index (χ0v) is 38.0. The number of amides is 4. The molecule has 0 radical (unpaired) electrons. The number of likely N-dealkylation sites (N-methyl/N-ethyl adjacent to an activating group) is 1. The second kappa shape index (κ2) is 26.1. The third-order valence-corrected chi connectivity index (χ3v) is 11.3. The lowest BCUT2D eigenvalue weighted by Crippen LogP contribution is -2.52. The zero-order valence-electron chi connectivity index (χ0n) is 38.0. The fraction of sp³-hybridized carbons (Fsp3) is 0.412. The lowest BCUT2D eigenvalue weighted by Gasteiger charge is -2.29. The van der Waals surface area contributed by atoms with E-state index < -0.39 is 11.9 Å². The number of ether oxygens (including phenoxy) is 6. The van der Waals surface area contributed by atoms with Gasteiger partial charge < -0.3 is 48.6 Å². The smallest absolute Gasteiger partial charge is 0.255 e. The summed E-state index contributed by atoms with van der Waals surface area (Å²) >= 11 is 0. The molecule has 1 fully saturated rings. The highest BCUT2D eigenvalue weighted by molar-refractivity contribution is 6.06. The molecule has 0 bridgehead atoms. The van der Waals surface area contributed by atoms with Crippen LogP contribution in [0.25, 0.3) is 11.1 Å². The fourth-order valence-electron chi connectivity index (χ4n) is 7.79. The molecule has 0 spiro atoms. The number of carbonyl (C=O) groups is 4. The summed E-state index contributed by atoms with van der Waals surface area (Å²) in [5.74, 6) is -0.0302. The van der Waals surface area contributed by atoms with Crippen LogP contribution in [0.15, 0.2) is 97.1 Å². The number of anilines is 1. The molecule has 0 saturated carbocycles. The molecular formula is C51H62N4O11. The van der Waals surface area contributed by atoms with Crippen LogP contribution in [0.1, 0.15) is 65.2 Å². The summed E-state index contributed by atoms with van der Waals surface area (Å²) < 4.78 is 34.0. The Morgan fingerprint density at radius 1 is 0.727 bits per heavy atom. The van der Waals surface area contributed by atoms with Crippen LogP contribution >= 0.6 is 0 Å². The van der Waals surface area contributed by atoms with Crippen molar-refractivity contribution in [3.8, 4) is 11.5 Å². The minimum absolute atomic E-state index is 0.0287. The van der Waals surface area contributed by atoms with E-state index in [9.17, 15) is 24.3 Å². The molecule has 2 aliphatic heterocycles. The number of rotatable bonds is 28. The Bertz CT molecular complexity index is 2220. The van der Waals surface area contributed by atoms with Crippen LogP contribution in [-0.4, -0.2) is 137 Å². The standard InChI is InChI=1S/C51H62N4O11/c1-3-42(37-8-5-4-6-9-37)49(38-12-16-40(56)17-13-38)39-14-18-41(19-15-39)66-27-24-54(2)48(58)22-25-61-28-30-63-32-34-65-35-33-64-31-29-62-26-23-52-45-11-7-10-43-44(45)36-55(51(43)60)46-20-21-47(57)53-50(46)59/h4-19,46,52,56H,3,20-36H2,1-2H3,(H,53,57,59). The van der Waals surface area contributed by atoms with E-state index in [0.717, 1.165) is 39.9 Å². The van der Waals surface area contributed by atoms with Gasteiger partial charge in [0.2, 0.25) is 17.7 Å². The highest BCUT2D eigenvalue weighted by Crippen LogP contribution is 2.36. The van der Waals surface area contributed by atoms with Gasteiger partial charge >= 0.3 is 0 Å². The summed E-state index contributed by atoms with van der Waals surface area (Å²) in [5.41, 5.74) is 7.74. The number of nitrogens with one attached hydrogen (secondary N) is 2. The van der Waals surface area contributed by atoms with Gasteiger partial charge in [-0.05, 0) is 77.1 Å². The normalized spacial score (nSPS) is 15.0. The molecule has 2 aliphatic rings. The van der Waals surface area contributed by atoms with Crippen molar-refractivity contribution in [2.75, 3.05) is 98.1 Å². The average molecular weight is 907 g/mol. The Labute approximate surface area is 386 Å². The van der Waals surface area contributed by atoms with Gasteiger partial charge in [-0.3, -0.25) is 24.5 Å². The Morgan fingerprint density at radius 2 is 1.33 bits per heavy atom. The first-order valence-corrected chi connectivity index (χ1v) is 22.7. The number of benzene rings is 4. The molecule has 1 saturated heterocycles. The lowest BCUT2D eigenvalue weighted by atomic mass is 9.88. The summed E-state index contributed by atoms with van der Waals surface area (Å²) in [6, 6.07) is 30.4. The molecule has 66 heavy (non-hydrogen) atoms. The molecular weight excluding hydrogens is 845 g/mol. The van der Waals surface area contributed by atoms with Gasteiger partial charge in [0.15, 0.2) is 0 Å². The van der Waals surface area contributed by atoms with E-state index in [2.05, 4.69) is 29.7 Å². The highest BCUT2D eigenvalue weighted by Gasteiger charge is 2.39. The van der Waals surface area contributed by atoms with Gasteiger partial charge in [0, 0.05) is 43.4 Å². The Balaban J connectivity index is 0.742. The van der Waals surface area contributed by atoms with Crippen LogP contribution in [-0.2, 0) is 44.6 Å². The number of imide groups is 1. The largest absolute Gasteiger partial charge is 0.508 e. The van der Waals surface area contributed by atoms with Gasteiger partial charge in [0.25, 0.3) is 5.91 Å². The Hall–Kier alpha value is -6.10. The van der Waals surface area contributed by atoms with Crippen molar-refractivity contribution in [3.05, 3.63) is 125 Å². The van der Waals surface area contributed by atoms with Crippen LogP contribution in [0.3, 0.4) is 0 Å². The summed E-state index contributed by atoms with van der Waals surface area (Å²) in [7, 11) is 1.76. The minimum atomic E-state index is -0.650. The maximum Gasteiger partial charge on any atom is 0.255 e. The van der Waals surface area contributed by atoms with Crippen molar-refractivity contribution in [3.63, 3.8) is 0 Å². The van der Waals surface area contributed by atoms with Gasteiger partial charge in [-0.1, -0.05) is 67.6 Å². The van der Waals surface area contributed by atoms with Crippen LogP contribution < -0.4 is 15.4 Å². The molecule has 0 aromatic heterocycles. The van der Waals surface area contributed by atoms with Crippen LogP contribution in [0.2, 0.25) is 0 Å². The van der Waals surface area contributed by atoms with E-state index in [1.54, 1.807) is 30.1 Å². The molecule has 4 amide bonds. The van der Waals surface area contributed by atoms with Gasteiger partial charge in [-0.25, -0.2) is 0 Å². The molecule has 1 unspecified atom stereocenters. The monoisotopic (exact) mass is 906 g/mol. The van der Waals surface area contributed by atoms with Crippen molar-refractivity contribution in [2.24, 2.45) is 0 Å². The number of fused-ring (bicyclic) bond motifs is 1. The maximum atomic E-state index is 13.0. The molecule has 0 aliphatic carbocycles. The lowest BCUT2D eigenvalue weighted by molar-refractivity contribution is -0.137. The van der Waals surface area contributed by atoms with Crippen molar-refractivity contribution in [1.82, 2.24) is 15.1 Å². The van der Waals surface area contributed by atoms with E-state index in [0.29, 0.717) is 110 Å².